The fraction of sp³-hybridized carbons (Fsp3) is 0.474. The number of amides is 1. The van der Waals surface area contributed by atoms with Crippen LogP contribution in [0.3, 0.4) is 0 Å². The van der Waals surface area contributed by atoms with Gasteiger partial charge in [0.2, 0.25) is 5.91 Å². The standard InChI is InChI=1S/C17H17Cl2N3O2.C2H6/c1-22-16-10(3-5-23)8-21-13(24)7-11(16)14-9(2-4-20)6-12(18)15(19)17(14)22;1-2/h6,10,23H,2-3,5,7-8H2,1H3,(H,21,24);1-2H3. The number of benzene rings is 1. The van der Waals surface area contributed by atoms with Crippen molar-refractivity contribution in [1.82, 2.24) is 9.88 Å². The first-order valence-corrected chi connectivity index (χ1v) is 9.47. The summed E-state index contributed by atoms with van der Waals surface area (Å²) >= 11 is 12.7. The molecule has 2 aromatic rings. The van der Waals surface area contributed by atoms with Crippen molar-refractivity contribution < 1.29 is 9.90 Å². The van der Waals surface area contributed by atoms with Crippen molar-refractivity contribution in [3.63, 3.8) is 0 Å². The molecule has 1 aromatic heterocycles. The van der Waals surface area contributed by atoms with E-state index in [1.54, 1.807) is 6.07 Å². The third kappa shape index (κ3) is 3.55. The minimum absolute atomic E-state index is 0.0152. The van der Waals surface area contributed by atoms with Gasteiger partial charge in [0.15, 0.2) is 0 Å². The molecule has 3 rings (SSSR count). The second-order valence-corrected chi connectivity index (χ2v) is 6.79. The highest BCUT2D eigenvalue weighted by Crippen LogP contribution is 2.41. The molecule has 0 saturated carbocycles. The molecule has 0 bridgehead atoms. The van der Waals surface area contributed by atoms with E-state index in [1.807, 2.05) is 25.5 Å². The number of nitriles is 1. The zero-order valence-corrected chi connectivity index (χ0v) is 16.7. The van der Waals surface area contributed by atoms with Crippen molar-refractivity contribution in [2.45, 2.75) is 39.0 Å². The second-order valence-electron chi connectivity index (χ2n) is 6.00. The van der Waals surface area contributed by atoms with Gasteiger partial charge in [-0.05, 0) is 23.6 Å². The number of hydrogen-bond donors (Lipinski definition) is 2. The molecule has 1 aliphatic rings. The van der Waals surface area contributed by atoms with Gasteiger partial charge < -0.3 is 15.0 Å². The van der Waals surface area contributed by atoms with Crippen LogP contribution in [0, 0.1) is 11.3 Å². The number of fused-ring (bicyclic) bond motifs is 3. The van der Waals surface area contributed by atoms with Crippen LogP contribution in [-0.2, 0) is 24.7 Å². The molecule has 2 N–H and O–H groups in total. The van der Waals surface area contributed by atoms with Gasteiger partial charge in [-0.15, -0.1) is 0 Å². The smallest absolute Gasteiger partial charge is 0.224 e. The molecule has 0 fully saturated rings. The number of aromatic nitrogens is 1. The first kappa shape index (κ1) is 20.6. The van der Waals surface area contributed by atoms with E-state index in [0.29, 0.717) is 23.0 Å². The number of hydrogen-bond acceptors (Lipinski definition) is 3. The van der Waals surface area contributed by atoms with E-state index in [4.69, 9.17) is 28.5 Å². The molecule has 7 heteroatoms. The van der Waals surface area contributed by atoms with Gasteiger partial charge in [-0.25, -0.2) is 0 Å². The van der Waals surface area contributed by atoms with Crippen LogP contribution in [-0.4, -0.2) is 28.7 Å². The Morgan fingerprint density at radius 2 is 2.12 bits per heavy atom. The minimum atomic E-state index is -0.0711. The number of carbonyl (C=O) groups excluding carboxylic acids is 1. The molecular formula is C19H23Cl2N3O2. The molecule has 1 aromatic carbocycles. The molecule has 1 amide bonds. The van der Waals surface area contributed by atoms with Crippen LogP contribution in [0.2, 0.25) is 10.0 Å². The Balaban J connectivity index is 0.00000117. The molecule has 1 atom stereocenters. The van der Waals surface area contributed by atoms with Crippen LogP contribution in [0.1, 0.15) is 43.0 Å². The van der Waals surface area contributed by atoms with Crippen LogP contribution in [0.15, 0.2) is 6.07 Å². The number of aryl methyl sites for hydroxylation is 1. The van der Waals surface area contributed by atoms with E-state index in [-0.39, 0.29) is 31.3 Å². The van der Waals surface area contributed by atoms with Crippen LogP contribution in [0.4, 0.5) is 0 Å². The average Bonchev–Trinajstić information content (AvgIpc) is 2.80. The van der Waals surface area contributed by atoms with E-state index < -0.39 is 0 Å². The van der Waals surface area contributed by atoms with E-state index in [2.05, 4.69) is 11.4 Å². The largest absolute Gasteiger partial charge is 0.396 e. The SMILES string of the molecule is CC.Cn1c2c(c3c(CC#N)cc(Cl)c(Cl)c31)CC(=O)NCC2CCO. The third-order valence-electron chi connectivity index (χ3n) is 4.60. The fourth-order valence-electron chi connectivity index (χ4n) is 3.64. The van der Waals surface area contributed by atoms with Gasteiger partial charge in [-0.2, -0.15) is 5.26 Å². The van der Waals surface area contributed by atoms with E-state index >= 15 is 0 Å². The number of rotatable bonds is 3. The summed E-state index contributed by atoms with van der Waals surface area (Å²) in [7, 11) is 1.89. The molecule has 0 saturated heterocycles. The molecule has 5 nitrogen and oxygen atoms in total. The van der Waals surface area contributed by atoms with Crippen molar-refractivity contribution in [3.8, 4) is 6.07 Å². The number of nitrogens with zero attached hydrogens (tertiary/aromatic N) is 2. The van der Waals surface area contributed by atoms with Crippen molar-refractivity contribution >= 4 is 40.0 Å². The van der Waals surface area contributed by atoms with E-state index in [0.717, 1.165) is 27.7 Å². The molecule has 0 spiro atoms. The Bertz CT molecular complexity index is 868. The molecule has 0 aliphatic carbocycles. The Labute approximate surface area is 163 Å². The number of halogens is 2. The second kappa shape index (κ2) is 8.77. The Hall–Kier alpha value is -1.74. The lowest BCUT2D eigenvalue weighted by atomic mass is 9.95. The average molecular weight is 396 g/mol. The Morgan fingerprint density at radius 3 is 2.73 bits per heavy atom. The lowest BCUT2D eigenvalue weighted by Crippen LogP contribution is -2.27. The van der Waals surface area contributed by atoms with Crippen LogP contribution in [0.25, 0.3) is 10.9 Å². The summed E-state index contributed by atoms with van der Waals surface area (Å²) in [5.74, 6) is -0.0863. The van der Waals surface area contributed by atoms with E-state index in [1.165, 1.54) is 0 Å². The maximum Gasteiger partial charge on any atom is 0.224 e. The quantitative estimate of drug-likeness (QED) is 0.830. The molecule has 0 radical (unpaired) electrons. The summed E-state index contributed by atoms with van der Waals surface area (Å²) in [5, 5.41) is 23.1. The monoisotopic (exact) mass is 395 g/mol. The van der Waals surface area contributed by atoms with Gasteiger partial charge in [0, 0.05) is 37.2 Å². The summed E-state index contributed by atoms with van der Waals surface area (Å²) in [6.07, 6.45) is 0.956. The number of aliphatic hydroxyl groups excluding tert-OH is 1. The van der Waals surface area contributed by atoms with Crippen molar-refractivity contribution in [2.24, 2.45) is 7.05 Å². The first-order chi connectivity index (χ1) is 12.5. The minimum Gasteiger partial charge on any atom is -0.396 e. The molecule has 1 aliphatic heterocycles. The highest BCUT2D eigenvalue weighted by molar-refractivity contribution is 6.45. The zero-order chi connectivity index (χ0) is 19.4. The molecule has 2 heterocycles. The van der Waals surface area contributed by atoms with Crippen LogP contribution >= 0.6 is 23.2 Å². The summed E-state index contributed by atoms with van der Waals surface area (Å²) in [6.45, 7) is 4.50. The molecule has 26 heavy (non-hydrogen) atoms. The Kier molecular flexibility index (Phi) is 6.94. The fourth-order valence-corrected chi connectivity index (χ4v) is 4.14. The lowest BCUT2D eigenvalue weighted by Gasteiger charge is -2.16. The molecule has 140 valence electrons. The van der Waals surface area contributed by atoms with Gasteiger partial charge in [0.05, 0.1) is 34.5 Å². The topological polar surface area (TPSA) is 78.0 Å². The zero-order valence-electron chi connectivity index (χ0n) is 15.2. The molecular weight excluding hydrogens is 373 g/mol. The van der Waals surface area contributed by atoms with Gasteiger partial charge in [0.1, 0.15) is 0 Å². The van der Waals surface area contributed by atoms with Crippen LogP contribution in [0.5, 0.6) is 0 Å². The van der Waals surface area contributed by atoms with Crippen molar-refractivity contribution in [1.29, 1.82) is 5.26 Å². The number of carbonyl (C=O) groups is 1. The molecule has 1 unspecified atom stereocenters. The maximum atomic E-state index is 12.2. The van der Waals surface area contributed by atoms with Gasteiger partial charge in [-0.1, -0.05) is 37.0 Å². The predicted molar refractivity (Wildman–Crippen MR) is 105 cm³/mol. The number of nitrogens with one attached hydrogen (secondary N) is 1. The van der Waals surface area contributed by atoms with Gasteiger partial charge in [-0.3, -0.25) is 4.79 Å². The Morgan fingerprint density at radius 1 is 1.42 bits per heavy atom. The normalized spacial score (nSPS) is 16.2. The number of aliphatic hydroxyl groups is 1. The van der Waals surface area contributed by atoms with E-state index in [9.17, 15) is 9.90 Å². The first-order valence-electron chi connectivity index (χ1n) is 8.72. The summed E-state index contributed by atoms with van der Waals surface area (Å²) in [5.41, 5.74) is 3.37. The predicted octanol–water partition coefficient (Wildman–Crippen LogP) is 3.72. The highest BCUT2D eigenvalue weighted by Gasteiger charge is 2.30. The van der Waals surface area contributed by atoms with Crippen molar-refractivity contribution in [2.75, 3.05) is 13.2 Å². The maximum absolute atomic E-state index is 12.2. The highest BCUT2D eigenvalue weighted by atomic mass is 35.5. The van der Waals surface area contributed by atoms with Gasteiger partial charge in [0.25, 0.3) is 0 Å². The summed E-state index contributed by atoms with van der Waals surface area (Å²) in [6, 6.07) is 3.86. The van der Waals surface area contributed by atoms with Crippen LogP contribution < -0.4 is 5.32 Å². The third-order valence-corrected chi connectivity index (χ3v) is 5.38. The summed E-state index contributed by atoms with van der Waals surface area (Å²) in [4.78, 5) is 12.2. The van der Waals surface area contributed by atoms with Crippen molar-refractivity contribution in [3.05, 3.63) is 32.9 Å². The lowest BCUT2D eigenvalue weighted by molar-refractivity contribution is -0.120. The summed E-state index contributed by atoms with van der Waals surface area (Å²) < 4.78 is 1.96. The van der Waals surface area contributed by atoms with Gasteiger partial charge >= 0.3 is 0 Å².